The quantitative estimate of drug-likeness (QED) is 0.926. The first-order valence-electron chi connectivity index (χ1n) is 6.24. The van der Waals surface area contributed by atoms with Gasteiger partial charge in [0, 0.05) is 12.0 Å². The molecule has 0 amide bonds. The number of nitrogens with zero attached hydrogens (tertiary/aromatic N) is 1. The maximum Gasteiger partial charge on any atom is 0.416 e. The maximum atomic E-state index is 12.5. The van der Waals surface area contributed by atoms with E-state index in [0.29, 0.717) is 12.8 Å². The number of carbonyl (C=O) groups is 1. The number of aryl methyl sites for hydroxylation is 1. The number of halogens is 3. The number of hydrogen-bond acceptors (Lipinski definition) is 3. The molecule has 112 valence electrons. The van der Waals surface area contributed by atoms with Gasteiger partial charge in [0.05, 0.1) is 5.56 Å². The second kappa shape index (κ2) is 5.59. The Kier molecular flexibility index (Phi) is 4.02. The Labute approximate surface area is 118 Å². The number of benzene rings is 1. The molecule has 1 heterocycles. The number of hydrogen-bond donors (Lipinski definition) is 1. The molecule has 0 saturated heterocycles. The van der Waals surface area contributed by atoms with Gasteiger partial charge in [-0.3, -0.25) is 0 Å². The molecule has 0 fully saturated rings. The lowest BCUT2D eigenvalue weighted by molar-refractivity contribution is -0.137. The molecule has 0 aliphatic heterocycles. The third-order valence-corrected chi connectivity index (χ3v) is 2.94. The van der Waals surface area contributed by atoms with Crippen LogP contribution in [0.5, 0.6) is 0 Å². The average Bonchev–Trinajstić information content (AvgIpc) is 2.82. The molecule has 0 aliphatic rings. The molecule has 0 radical (unpaired) electrons. The summed E-state index contributed by atoms with van der Waals surface area (Å²) in [5.74, 6) is -0.991. The summed E-state index contributed by atoms with van der Waals surface area (Å²) in [5.41, 5.74) is -0.594. The van der Waals surface area contributed by atoms with E-state index in [-0.39, 0.29) is 22.6 Å². The Bertz CT molecular complexity index is 644. The SMILES string of the molecule is CCCc1onc(-c2ccc(C(F)(F)F)cc2)c1C(=O)O. The first-order valence-corrected chi connectivity index (χ1v) is 6.24. The molecule has 1 aromatic carbocycles. The van der Waals surface area contributed by atoms with Crippen LogP contribution in [0, 0.1) is 0 Å². The third-order valence-electron chi connectivity index (χ3n) is 2.94. The first-order chi connectivity index (χ1) is 9.84. The molecule has 21 heavy (non-hydrogen) atoms. The van der Waals surface area contributed by atoms with E-state index in [0.717, 1.165) is 12.1 Å². The number of alkyl halides is 3. The molecule has 1 aromatic heterocycles. The zero-order chi connectivity index (χ0) is 15.6. The van der Waals surface area contributed by atoms with E-state index in [1.807, 2.05) is 6.92 Å². The van der Waals surface area contributed by atoms with Crippen molar-refractivity contribution in [3.8, 4) is 11.3 Å². The molecule has 2 aromatic rings. The van der Waals surface area contributed by atoms with Crippen molar-refractivity contribution >= 4 is 5.97 Å². The van der Waals surface area contributed by atoms with Crippen LogP contribution in [0.2, 0.25) is 0 Å². The summed E-state index contributed by atoms with van der Waals surface area (Å²) < 4.78 is 42.5. The van der Waals surface area contributed by atoms with Crippen molar-refractivity contribution < 1.29 is 27.6 Å². The van der Waals surface area contributed by atoms with Crippen LogP contribution in [0.15, 0.2) is 28.8 Å². The Morgan fingerprint density at radius 2 is 1.90 bits per heavy atom. The highest BCUT2D eigenvalue weighted by Gasteiger charge is 2.30. The fourth-order valence-electron chi connectivity index (χ4n) is 1.96. The lowest BCUT2D eigenvalue weighted by Crippen LogP contribution is -2.05. The van der Waals surface area contributed by atoms with Crippen LogP contribution < -0.4 is 0 Å². The molecule has 0 spiro atoms. The van der Waals surface area contributed by atoms with Gasteiger partial charge in [-0.1, -0.05) is 24.2 Å². The van der Waals surface area contributed by atoms with Gasteiger partial charge < -0.3 is 9.63 Å². The zero-order valence-corrected chi connectivity index (χ0v) is 11.1. The van der Waals surface area contributed by atoms with Crippen molar-refractivity contribution in [2.45, 2.75) is 25.9 Å². The van der Waals surface area contributed by atoms with Gasteiger partial charge in [0.2, 0.25) is 0 Å². The molecule has 4 nitrogen and oxygen atoms in total. The van der Waals surface area contributed by atoms with Gasteiger partial charge in [-0.25, -0.2) is 4.79 Å². The Balaban J connectivity index is 2.45. The maximum absolute atomic E-state index is 12.5. The van der Waals surface area contributed by atoms with Crippen LogP contribution in [-0.2, 0) is 12.6 Å². The van der Waals surface area contributed by atoms with Crippen LogP contribution in [0.25, 0.3) is 11.3 Å². The van der Waals surface area contributed by atoms with Crippen LogP contribution in [0.4, 0.5) is 13.2 Å². The summed E-state index contributed by atoms with van der Waals surface area (Å²) in [6, 6.07) is 4.13. The summed E-state index contributed by atoms with van der Waals surface area (Å²) in [7, 11) is 0. The van der Waals surface area contributed by atoms with E-state index in [9.17, 15) is 23.1 Å². The average molecular weight is 299 g/mol. The van der Waals surface area contributed by atoms with Gasteiger partial charge in [0.25, 0.3) is 0 Å². The summed E-state index contributed by atoms with van der Waals surface area (Å²) in [4.78, 5) is 11.3. The van der Waals surface area contributed by atoms with E-state index in [1.165, 1.54) is 12.1 Å². The van der Waals surface area contributed by atoms with Crippen molar-refractivity contribution in [3.63, 3.8) is 0 Å². The van der Waals surface area contributed by atoms with Gasteiger partial charge in [-0.05, 0) is 18.6 Å². The van der Waals surface area contributed by atoms with Crippen LogP contribution >= 0.6 is 0 Å². The molecule has 0 bridgehead atoms. The molecular formula is C14H12F3NO3. The van der Waals surface area contributed by atoms with Crippen LogP contribution in [0.1, 0.15) is 35.0 Å². The second-order valence-corrected chi connectivity index (χ2v) is 4.46. The lowest BCUT2D eigenvalue weighted by Gasteiger charge is -2.06. The highest BCUT2D eigenvalue weighted by atomic mass is 19.4. The Morgan fingerprint density at radius 3 is 2.38 bits per heavy atom. The number of rotatable bonds is 4. The number of aromatic nitrogens is 1. The summed E-state index contributed by atoms with van der Waals surface area (Å²) in [6.45, 7) is 1.85. The minimum atomic E-state index is -4.44. The standard InChI is InChI=1S/C14H12F3NO3/c1-2-3-10-11(13(19)20)12(18-21-10)8-4-6-9(7-5-8)14(15,16)17/h4-7H,2-3H2,1H3,(H,19,20). The van der Waals surface area contributed by atoms with Crippen molar-refractivity contribution in [1.82, 2.24) is 5.16 Å². The fourth-order valence-corrected chi connectivity index (χ4v) is 1.96. The summed E-state index contributed by atoms with van der Waals surface area (Å²) >= 11 is 0. The third kappa shape index (κ3) is 3.07. The fraction of sp³-hybridized carbons (Fsp3) is 0.286. The molecule has 0 unspecified atom stereocenters. The van der Waals surface area contributed by atoms with Gasteiger partial charge >= 0.3 is 12.1 Å². The monoisotopic (exact) mass is 299 g/mol. The topological polar surface area (TPSA) is 63.3 Å². The lowest BCUT2D eigenvalue weighted by atomic mass is 10.0. The predicted octanol–water partition coefficient (Wildman–Crippen LogP) is 4.01. The van der Waals surface area contributed by atoms with E-state index in [2.05, 4.69) is 5.16 Å². The molecule has 1 N–H and O–H groups in total. The van der Waals surface area contributed by atoms with Gasteiger partial charge in [-0.15, -0.1) is 0 Å². The number of carboxylic acid groups (broad SMARTS) is 1. The van der Waals surface area contributed by atoms with Crippen molar-refractivity contribution in [2.24, 2.45) is 0 Å². The zero-order valence-electron chi connectivity index (χ0n) is 11.1. The molecular weight excluding hydrogens is 287 g/mol. The summed E-state index contributed by atoms with van der Waals surface area (Å²) in [5, 5.41) is 12.9. The van der Waals surface area contributed by atoms with Crippen molar-refractivity contribution in [3.05, 3.63) is 41.2 Å². The Hall–Kier alpha value is -2.31. The Morgan fingerprint density at radius 1 is 1.29 bits per heavy atom. The smallest absolute Gasteiger partial charge is 0.416 e. The predicted molar refractivity (Wildman–Crippen MR) is 67.9 cm³/mol. The molecule has 0 aliphatic carbocycles. The minimum absolute atomic E-state index is 0.0414. The summed E-state index contributed by atoms with van der Waals surface area (Å²) in [6.07, 6.45) is -3.37. The molecule has 7 heteroatoms. The van der Waals surface area contributed by atoms with Crippen molar-refractivity contribution in [1.29, 1.82) is 0 Å². The number of aromatic carboxylic acids is 1. The van der Waals surface area contributed by atoms with E-state index in [1.54, 1.807) is 0 Å². The normalized spacial score (nSPS) is 11.6. The molecule has 0 atom stereocenters. The molecule has 0 saturated carbocycles. The highest BCUT2D eigenvalue weighted by molar-refractivity contribution is 5.95. The van der Waals surface area contributed by atoms with Gasteiger partial charge in [-0.2, -0.15) is 13.2 Å². The minimum Gasteiger partial charge on any atom is -0.477 e. The second-order valence-electron chi connectivity index (χ2n) is 4.46. The van der Waals surface area contributed by atoms with Crippen molar-refractivity contribution in [2.75, 3.05) is 0 Å². The molecule has 2 rings (SSSR count). The van der Waals surface area contributed by atoms with Crippen LogP contribution in [-0.4, -0.2) is 16.2 Å². The van der Waals surface area contributed by atoms with Gasteiger partial charge in [0.15, 0.2) is 5.76 Å². The van der Waals surface area contributed by atoms with Crippen LogP contribution in [0.3, 0.4) is 0 Å². The van der Waals surface area contributed by atoms with E-state index < -0.39 is 17.7 Å². The van der Waals surface area contributed by atoms with E-state index >= 15 is 0 Å². The highest BCUT2D eigenvalue weighted by Crippen LogP contribution is 2.32. The van der Waals surface area contributed by atoms with E-state index in [4.69, 9.17) is 4.52 Å². The number of carboxylic acids is 1. The largest absolute Gasteiger partial charge is 0.477 e. The van der Waals surface area contributed by atoms with Gasteiger partial charge in [0.1, 0.15) is 11.3 Å². The first kappa shape index (κ1) is 15.1.